The minimum atomic E-state index is 0.0459. The minimum Gasteiger partial charge on any atom is -0.485 e. The molecule has 0 saturated heterocycles. The largest absolute Gasteiger partial charge is 0.485 e. The SMILES string of the molecule is CC(CC(Oc1ccc2ccccc2c1)c1ccccc1)[N+](C)(C)I. The van der Waals surface area contributed by atoms with E-state index in [0.717, 1.165) is 14.9 Å². The predicted molar refractivity (Wildman–Crippen MR) is 114 cm³/mol. The number of ether oxygens (including phenoxy) is 1. The van der Waals surface area contributed by atoms with Crippen molar-refractivity contribution in [2.24, 2.45) is 0 Å². The molecule has 0 radical (unpaired) electrons. The van der Waals surface area contributed by atoms with Gasteiger partial charge < -0.3 is 4.74 Å². The van der Waals surface area contributed by atoms with Crippen LogP contribution in [0.2, 0.25) is 0 Å². The van der Waals surface area contributed by atoms with Crippen molar-refractivity contribution in [2.45, 2.75) is 25.5 Å². The first-order valence-corrected chi connectivity index (χ1v) is 9.63. The Morgan fingerprint density at radius 2 is 1.52 bits per heavy atom. The van der Waals surface area contributed by atoms with Gasteiger partial charge >= 0.3 is 0 Å². The van der Waals surface area contributed by atoms with Gasteiger partial charge in [0.1, 0.15) is 11.9 Å². The van der Waals surface area contributed by atoms with E-state index in [1.807, 2.05) is 0 Å². The molecule has 2 nitrogen and oxygen atoms in total. The highest BCUT2D eigenvalue weighted by molar-refractivity contribution is 14.1. The zero-order chi connectivity index (χ0) is 17.9. The topological polar surface area (TPSA) is 9.23 Å². The fraction of sp³-hybridized carbons (Fsp3) is 0.273. The summed E-state index contributed by atoms with van der Waals surface area (Å²) in [6, 6.07) is 25.8. The van der Waals surface area contributed by atoms with Crippen molar-refractivity contribution in [3.63, 3.8) is 0 Å². The van der Waals surface area contributed by atoms with Crippen LogP contribution in [0, 0.1) is 0 Å². The third kappa shape index (κ3) is 4.73. The number of hydrogen-bond donors (Lipinski definition) is 0. The highest BCUT2D eigenvalue weighted by Crippen LogP contribution is 2.31. The summed E-state index contributed by atoms with van der Waals surface area (Å²) in [5, 5.41) is 2.45. The predicted octanol–water partition coefficient (Wildman–Crippen LogP) is 6.16. The van der Waals surface area contributed by atoms with E-state index in [1.54, 1.807) is 0 Å². The zero-order valence-electron chi connectivity index (χ0n) is 15.0. The second-order valence-corrected chi connectivity index (χ2v) is 9.50. The molecule has 0 spiro atoms. The molecule has 0 saturated carbocycles. The molecular weight excluding hydrogens is 421 g/mol. The van der Waals surface area contributed by atoms with E-state index < -0.39 is 0 Å². The Morgan fingerprint density at radius 1 is 0.880 bits per heavy atom. The minimum absolute atomic E-state index is 0.0459. The normalized spacial score (nSPS) is 14.2. The Labute approximate surface area is 164 Å². The van der Waals surface area contributed by atoms with Gasteiger partial charge in [-0.15, -0.1) is 0 Å². The van der Waals surface area contributed by atoms with Crippen LogP contribution < -0.4 is 4.74 Å². The number of benzene rings is 3. The molecule has 2 unspecified atom stereocenters. The smallest absolute Gasteiger partial charge is 0.248 e. The highest BCUT2D eigenvalue weighted by atomic mass is 127. The summed E-state index contributed by atoms with van der Waals surface area (Å²) in [5.41, 5.74) is 1.23. The van der Waals surface area contributed by atoms with Crippen LogP contribution in [0.4, 0.5) is 0 Å². The summed E-state index contributed by atoms with van der Waals surface area (Å²) in [4.78, 5) is 0. The van der Waals surface area contributed by atoms with Crippen molar-refractivity contribution >= 4 is 33.6 Å². The molecule has 2 atom stereocenters. The Hall–Kier alpha value is -1.59. The Balaban J connectivity index is 1.88. The van der Waals surface area contributed by atoms with Crippen molar-refractivity contribution in [2.75, 3.05) is 14.1 Å². The summed E-state index contributed by atoms with van der Waals surface area (Å²) in [6.07, 6.45) is 1.01. The second-order valence-electron chi connectivity index (χ2n) is 7.01. The van der Waals surface area contributed by atoms with E-state index in [2.05, 4.69) is 117 Å². The Morgan fingerprint density at radius 3 is 2.20 bits per heavy atom. The average Bonchev–Trinajstić information content (AvgIpc) is 2.61. The lowest BCUT2D eigenvalue weighted by atomic mass is 10.0. The lowest BCUT2D eigenvalue weighted by Crippen LogP contribution is -2.38. The standard InChI is InChI=1S/C22H25INO/c1-17(24(2,3)23)15-22(19-10-5-4-6-11-19)25-21-14-13-18-9-7-8-12-20(18)16-21/h4-14,16-17,22H,15H2,1-3H3/q+1. The molecule has 3 heteroatoms. The van der Waals surface area contributed by atoms with Crippen LogP contribution in [-0.2, 0) is 0 Å². The molecule has 0 aromatic heterocycles. The molecule has 130 valence electrons. The summed E-state index contributed by atoms with van der Waals surface area (Å²) in [7, 11) is 4.45. The van der Waals surface area contributed by atoms with E-state index in [1.165, 1.54) is 16.3 Å². The highest BCUT2D eigenvalue weighted by Gasteiger charge is 2.27. The van der Waals surface area contributed by atoms with Gasteiger partial charge in [0, 0.05) is 6.42 Å². The fourth-order valence-electron chi connectivity index (χ4n) is 2.89. The van der Waals surface area contributed by atoms with E-state index in [-0.39, 0.29) is 6.10 Å². The van der Waals surface area contributed by atoms with Crippen molar-refractivity contribution in [1.29, 1.82) is 0 Å². The lowest BCUT2D eigenvalue weighted by molar-refractivity contribution is -0.736. The molecule has 0 aliphatic rings. The first-order chi connectivity index (χ1) is 11.9. The number of halogens is 1. The summed E-state index contributed by atoms with van der Waals surface area (Å²) in [5.74, 6) is 0.929. The van der Waals surface area contributed by atoms with E-state index >= 15 is 0 Å². The molecule has 0 fully saturated rings. The third-order valence-electron chi connectivity index (χ3n) is 4.77. The van der Waals surface area contributed by atoms with Gasteiger partial charge in [0.25, 0.3) is 0 Å². The molecule has 0 N–H and O–H groups in total. The quantitative estimate of drug-likeness (QED) is 0.325. The van der Waals surface area contributed by atoms with Crippen LogP contribution in [-0.4, -0.2) is 22.8 Å². The molecular formula is C22H25INO+. The van der Waals surface area contributed by atoms with Gasteiger partial charge in [0.15, 0.2) is 0 Å². The van der Waals surface area contributed by atoms with Gasteiger partial charge in [0.05, 0.1) is 20.1 Å². The number of hydrogen-bond acceptors (Lipinski definition) is 1. The maximum atomic E-state index is 6.46. The van der Waals surface area contributed by atoms with Gasteiger partial charge in [0.2, 0.25) is 22.9 Å². The van der Waals surface area contributed by atoms with Gasteiger partial charge in [-0.1, -0.05) is 60.7 Å². The molecule has 0 aliphatic carbocycles. The van der Waals surface area contributed by atoms with Crippen LogP contribution in [0.1, 0.15) is 25.0 Å². The van der Waals surface area contributed by atoms with Crippen LogP contribution in [0.25, 0.3) is 10.8 Å². The van der Waals surface area contributed by atoms with Crippen LogP contribution in [0.15, 0.2) is 72.8 Å². The number of rotatable bonds is 6. The van der Waals surface area contributed by atoms with Gasteiger partial charge in [-0.3, -0.25) is 2.70 Å². The monoisotopic (exact) mass is 446 g/mol. The van der Waals surface area contributed by atoms with Gasteiger partial charge in [-0.25, -0.2) is 0 Å². The molecule has 3 aromatic rings. The molecule has 0 heterocycles. The molecule has 25 heavy (non-hydrogen) atoms. The van der Waals surface area contributed by atoms with Crippen molar-refractivity contribution in [1.82, 2.24) is 0 Å². The van der Waals surface area contributed by atoms with E-state index in [0.29, 0.717) is 6.04 Å². The number of nitrogens with zero attached hydrogens (tertiary/aromatic N) is 1. The van der Waals surface area contributed by atoms with Gasteiger partial charge in [-0.05, 0) is 35.4 Å². The Bertz CT molecular complexity index is 826. The molecule has 0 bridgehead atoms. The Kier molecular flexibility index (Phi) is 5.64. The molecule has 0 aliphatic heterocycles. The molecule has 3 rings (SSSR count). The van der Waals surface area contributed by atoms with Crippen molar-refractivity contribution < 1.29 is 7.43 Å². The van der Waals surface area contributed by atoms with E-state index in [4.69, 9.17) is 4.74 Å². The van der Waals surface area contributed by atoms with Crippen LogP contribution in [0.3, 0.4) is 0 Å². The third-order valence-corrected chi connectivity index (χ3v) is 5.72. The first-order valence-electron chi connectivity index (χ1n) is 8.67. The summed E-state index contributed by atoms with van der Waals surface area (Å²) < 4.78 is 7.35. The van der Waals surface area contributed by atoms with Crippen molar-refractivity contribution in [3.05, 3.63) is 78.4 Å². The summed E-state index contributed by atoms with van der Waals surface area (Å²) >= 11 is 2.48. The van der Waals surface area contributed by atoms with E-state index in [9.17, 15) is 0 Å². The van der Waals surface area contributed by atoms with Crippen LogP contribution >= 0.6 is 22.9 Å². The number of fused-ring (bicyclic) bond motifs is 1. The maximum absolute atomic E-state index is 6.46. The van der Waals surface area contributed by atoms with Gasteiger partial charge in [-0.2, -0.15) is 0 Å². The summed E-state index contributed by atoms with van der Waals surface area (Å²) in [6.45, 7) is 2.28. The fourth-order valence-corrected chi connectivity index (χ4v) is 3.11. The van der Waals surface area contributed by atoms with Crippen molar-refractivity contribution in [3.8, 4) is 5.75 Å². The molecule has 0 amide bonds. The first kappa shape index (κ1) is 18.2. The maximum Gasteiger partial charge on any atom is 0.248 e. The second kappa shape index (κ2) is 7.75. The molecule has 3 aromatic carbocycles. The zero-order valence-corrected chi connectivity index (χ0v) is 17.2. The average molecular weight is 446 g/mol. The van der Waals surface area contributed by atoms with Crippen LogP contribution in [0.5, 0.6) is 5.75 Å². The number of quaternary nitrogens is 1. The lowest BCUT2D eigenvalue weighted by Gasteiger charge is -2.31.